The Morgan fingerprint density at radius 1 is 1.00 bits per heavy atom. The fraction of sp³-hybridized carbons (Fsp3) is 0.172. The van der Waals surface area contributed by atoms with Crippen molar-refractivity contribution < 1.29 is 14.6 Å². The first-order valence-electron chi connectivity index (χ1n) is 11.9. The van der Waals surface area contributed by atoms with Gasteiger partial charge in [-0.2, -0.15) is 0 Å². The van der Waals surface area contributed by atoms with Crippen molar-refractivity contribution in [2.75, 3.05) is 0 Å². The van der Waals surface area contributed by atoms with Gasteiger partial charge in [-0.25, -0.2) is 9.78 Å². The molecule has 1 N–H and O–H groups in total. The Kier molecular flexibility index (Phi) is 4.26. The molecule has 7 rings (SSSR count). The summed E-state index contributed by atoms with van der Waals surface area (Å²) in [4.78, 5) is 35.2. The molecular formula is C29H21N3O4. The number of aliphatic hydroxyl groups is 1. The first-order chi connectivity index (χ1) is 17.5. The van der Waals surface area contributed by atoms with Crippen LogP contribution in [0.5, 0.6) is 0 Å². The smallest absolute Gasteiger partial charge is 0.343 e. The second-order valence-corrected chi connectivity index (χ2v) is 9.42. The third kappa shape index (κ3) is 2.83. The van der Waals surface area contributed by atoms with Gasteiger partial charge in [0.15, 0.2) is 5.60 Å². The summed E-state index contributed by atoms with van der Waals surface area (Å²) in [6.45, 7) is 1.94. The molecule has 7 heteroatoms. The minimum Gasteiger partial charge on any atom is -0.458 e. The van der Waals surface area contributed by atoms with E-state index in [1.165, 1.54) is 0 Å². The summed E-state index contributed by atoms with van der Waals surface area (Å²) in [6, 6.07) is 20.0. The van der Waals surface area contributed by atoms with Gasteiger partial charge in [0.2, 0.25) is 0 Å². The first-order valence-corrected chi connectivity index (χ1v) is 11.9. The Morgan fingerprint density at radius 3 is 2.69 bits per heavy atom. The second-order valence-electron chi connectivity index (χ2n) is 9.42. The zero-order valence-electron chi connectivity index (χ0n) is 19.5. The van der Waals surface area contributed by atoms with Crippen LogP contribution in [-0.4, -0.2) is 25.6 Å². The number of pyridine rings is 3. The van der Waals surface area contributed by atoms with E-state index in [0.29, 0.717) is 29.1 Å². The van der Waals surface area contributed by atoms with Crippen LogP contribution in [0.3, 0.4) is 0 Å². The molecule has 0 bridgehead atoms. The maximum atomic E-state index is 13.3. The lowest BCUT2D eigenvalue weighted by molar-refractivity contribution is -0.172. The van der Waals surface area contributed by atoms with Crippen molar-refractivity contribution in [3.05, 3.63) is 93.9 Å². The number of rotatable bonds is 2. The number of esters is 1. The number of cyclic esters (lactones) is 1. The van der Waals surface area contributed by atoms with Crippen LogP contribution in [0.2, 0.25) is 0 Å². The summed E-state index contributed by atoms with van der Waals surface area (Å²) >= 11 is 0. The third-order valence-corrected chi connectivity index (χ3v) is 7.43. The molecule has 5 aromatic rings. The van der Waals surface area contributed by atoms with Crippen molar-refractivity contribution in [3.63, 3.8) is 0 Å². The topological polar surface area (TPSA) is 94.3 Å². The number of benzene rings is 2. The Bertz CT molecular complexity index is 1820. The number of fused-ring (bicyclic) bond motifs is 6. The molecule has 0 fully saturated rings. The summed E-state index contributed by atoms with van der Waals surface area (Å²) < 4.78 is 6.80. The largest absolute Gasteiger partial charge is 0.458 e. The molecule has 0 saturated carbocycles. The summed E-state index contributed by atoms with van der Waals surface area (Å²) in [5, 5.41) is 13.1. The number of carbonyl (C=O) groups excluding carboxylic acids is 1. The van der Waals surface area contributed by atoms with Gasteiger partial charge in [0, 0.05) is 33.7 Å². The minimum absolute atomic E-state index is 0.117. The van der Waals surface area contributed by atoms with Gasteiger partial charge < -0.3 is 14.4 Å². The van der Waals surface area contributed by atoms with Crippen LogP contribution in [0.1, 0.15) is 30.0 Å². The molecular weight excluding hydrogens is 454 g/mol. The van der Waals surface area contributed by atoms with E-state index in [0.717, 1.165) is 38.5 Å². The second kappa shape index (κ2) is 7.32. The van der Waals surface area contributed by atoms with Crippen LogP contribution in [-0.2, 0) is 28.3 Å². The van der Waals surface area contributed by atoms with Gasteiger partial charge in [0.1, 0.15) is 6.61 Å². The van der Waals surface area contributed by atoms with Crippen molar-refractivity contribution in [1.29, 1.82) is 0 Å². The maximum Gasteiger partial charge on any atom is 0.343 e. The molecule has 0 saturated heterocycles. The number of nitrogens with zero attached hydrogens (tertiary/aromatic N) is 3. The SMILES string of the molecule is CC[C@@]1(O)C(=O)OCc2c1cc1n(c2=O)Cc2cc3cc(-c4cnc5ccccc5c4)ccc3nc2-1. The molecule has 2 aromatic carbocycles. The molecule has 0 aliphatic carbocycles. The molecule has 5 heterocycles. The molecule has 0 radical (unpaired) electrons. The van der Waals surface area contributed by atoms with Gasteiger partial charge in [0.05, 0.1) is 34.5 Å². The highest BCUT2D eigenvalue weighted by Gasteiger charge is 2.45. The van der Waals surface area contributed by atoms with Crippen molar-refractivity contribution >= 4 is 27.8 Å². The Balaban J connectivity index is 1.36. The van der Waals surface area contributed by atoms with E-state index < -0.39 is 11.6 Å². The van der Waals surface area contributed by atoms with E-state index in [-0.39, 0.29) is 18.6 Å². The highest BCUT2D eigenvalue weighted by Crippen LogP contribution is 2.39. The zero-order valence-corrected chi connectivity index (χ0v) is 19.5. The van der Waals surface area contributed by atoms with E-state index in [1.807, 2.05) is 42.6 Å². The molecule has 7 nitrogen and oxygen atoms in total. The lowest BCUT2D eigenvalue weighted by atomic mass is 9.86. The number of ether oxygens (including phenoxy) is 1. The van der Waals surface area contributed by atoms with Crippen LogP contribution in [0.4, 0.5) is 0 Å². The van der Waals surface area contributed by atoms with Crippen LogP contribution >= 0.6 is 0 Å². The zero-order chi connectivity index (χ0) is 24.6. The van der Waals surface area contributed by atoms with E-state index in [4.69, 9.17) is 9.72 Å². The van der Waals surface area contributed by atoms with Gasteiger partial charge >= 0.3 is 5.97 Å². The summed E-state index contributed by atoms with van der Waals surface area (Å²) in [5.74, 6) is -0.720. The first kappa shape index (κ1) is 21.0. The van der Waals surface area contributed by atoms with Gasteiger partial charge in [-0.3, -0.25) is 9.78 Å². The Labute approximate surface area is 205 Å². The predicted molar refractivity (Wildman–Crippen MR) is 135 cm³/mol. The lowest BCUT2D eigenvalue weighted by Crippen LogP contribution is -2.44. The fourth-order valence-electron chi connectivity index (χ4n) is 5.39. The molecule has 36 heavy (non-hydrogen) atoms. The average Bonchev–Trinajstić information content (AvgIpc) is 3.27. The van der Waals surface area contributed by atoms with Crippen LogP contribution in [0, 0.1) is 0 Å². The van der Waals surface area contributed by atoms with Crippen LogP contribution in [0.15, 0.2) is 71.7 Å². The summed E-state index contributed by atoms with van der Waals surface area (Å²) in [6.07, 6.45) is 1.99. The Hall–Kier alpha value is -4.36. The molecule has 1 atom stereocenters. The highest BCUT2D eigenvalue weighted by atomic mass is 16.6. The van der Waals surface area contributed by atoms with Crippen molar-refractivity contribution in [1.82, 2.24) is 14.5 Å². The minimum atomic E-state index is -1.83. The van der Waals surface area contributed by atoms with Crippen LogP contribution < -0.4 is 5.56 Å². The highest BCUT2D eigenvalue weighted by molar-refractivity contribution is 5.90. The fourth-order valence-corrected chi connectivity index (χ4v) is 5.39. The molecule has 0 amide bonds. The number of aromatic nitrogens is 3. The lowest BCUT2D eigenvalue weighted by Gasteiger charge is -2.31. The number of para-hydroxylation sites is 1. The Morgan fingerprint density at radius 2 is 1.83 bits per heavy atom. The van der Waals surface area contributed by atoms with Crippen LogP contribution in [0.25, 0.3) is 44.3 Å². The molecule has 0 spiro atoms. The van der Waals surface area contributed by atoms with Gasteiger partial charge in [-0.15, -0.1) is 0 Å². The molecule has 2 aliphatic heterocycles. The predicted octanol–water partition coefficient (Wildman–Crippen LogP) is 4.29. The molecule has 3 aromatic heterocycles. The van der Waals surface area contributed by atoms with E-state index in [9.17, 15) is 14.7 Å². The summed E-state index contributed by atoms with van der Waals surface area (Å²) in [5.41, 5.74) is 4.60. The number of hydrogen-bond donors (Lipinski definition) is 1. The van der Waals surface area contributed by atoms with Gasteiger partial charge in [-0.1, -0.05) is 31.2 Å². The van der Waals surface area contributed by atoms with Gasteiger partial charge in [0.25, 0.3) is 5.56 Å². The summed E-state index contributed by atoms with van der Waals surface area (Å²) in [7, 11) is 0. The number of carbonyl (C=O) groups is 1. The van der Waals surface area contributed by atoms with Crippen molar-refractivity contribution in [2.24, 2.45) is 0 Å². The molecule has 176 valence electrons. The quantitative estimate of drug-likeness (QED) is 0.376. The number of hydrogen-bond acceptors (Lipinski definition) is 6. The van der Waals surface area contributed by atoms with Crippen molar-refractivity contribution in [3.8, 4) is 22.5 Å². The maximum absolute atomic E-state index is 13.3. The average molecular weight is 476 g/mol. The third-order valence-electron chi connectivity index (χ3n) is 7.43. The molecule has 2 aliphatic rings. The van der Waals surface area contributed by atoms with E-state index in [2.05, 4.69) is 23.2 Å². The normalized spacial score (nSPS) is 18.1. The monoisotopic (exact) mass is 475 g/mol. The van der Waals surface area contributed by atoms with E-state index >= 15 is 0 Å². The standard InChI is InChI=1S/C29H21N3O4/c1-2-29(35)22-12-25-26-20(14-32(25)27(33)21(22)15-36-28(29)34)11-18-9-16(7-8-24(18)31-26)19-10-17-5-3-4-6-23(17)30-13-19/h3-13,35H,2,14-15H2,1H3/t29-/m0/s1. The molecule has 0 unspecified atom stereocenters. The van der Waals surface area contributed by atoms with Gasteiger partial charge in [-0.05, 0) is 48.4 Å². The van der Waals surface area contributed by atoms with E-state index in [1.54, 1.807) is 17.6 Å². The van der Waals surface area contributed by atoms with Crippen molar-refractivity contribution in [2.45, 2.75) is 32.1 Å².